The van der Waals surface area contributed by atoms with E-state index in [1.54, 1.807) is 12.1 Å². The Balaban J connectivity index is 1.36. The molecule has 4 fully saturated rings. The van der Waals surface area contributed by atoms with Gasteiger partial charge in [0.25, 0.3) is 0 Å². The Morgan fingerprint density at radius 3 is 2.12 bits per heavy atom. The summed E-state index contributed by atoms with van der Waals surface area (Å²) in [5.41, 5.74) is 0.719. The highest BCUT2D eigenvalue weighted by molar-refractivity contribution is 7.80. The average molecular weight is 432 g/mol. The van der Waals surface area contributed by atoms with Crippen LogP contribution >= 0.6 is 47.0 Å². The minimum absolute atomic E-state index is 0.0133. The Morgan fingerprint density at radius 2 is 1.54 bits per heavy atom. The summed E-state index contributed by atoms with van der Waals surface area (Å²) in [5, 5.41) is 7.14. The van der Waals surface area contributed by atoms with Gasteiger partial charge in [0.1, 0.15) is 0 Å². The van der Waals surface area contributed by atoms with Crippen molar-refractivity contribution in [1.82, 2.24) is 5.32 Å². The third kappa shape index (κ3) is 3.84. The monoisotopic (exact) mass is 430 g/mol. The summed E-state index contributed by atoms with van der Waals surface area (Å²) in [6.07, 6.45) is 8.28. The Kier molecular flexibility index (Phi) is 5.15. The molecule has 4 saturated carbocycles. The van der Waals surface area contributed by atoms with Gasteiger partial charge in [0.15, 0.2) is 5.11 Å². The molecule has 4 aliphatic carbocycles. The number of benzene rings is 1. The Hall–Kier alpha value is -0.550. The smallest absolute Gasteiger partial charge is 0.226 e. The van der Waals surface area contributed by atoms with E-state index >= 15 is 0 Å². The fourth-order valence-corrected chi connectivity index (χ4v) is 6.61. The normalized spacial score (nSPS) is 31.7. The van der Waals surface area contributed by atoms with Crippen molar-refractivity contribution in [2.75, 3.05) is 5.32 Å². The predicted molar refractivity (Wildman–Crippen MR) is 111 cm³/mol. The summed E-state index contributed by atoms with van der Waals surface area (Å²) < 4.78 is 0. The molecule has 26 heavy (non-hydrogen) atoms. The van der Waals surface area contributed by atoms with E-state index < -0.39 is 0 Å². The second-order valence-electron chi connectivity index (χ2n) is 8.34. The molecule has 1 amide bonds. The maximum absolute atomic E-state index is 12.6. The molecule has 0 unspecified atom stereocenters. The van der Waals surface area contributed by atoms with E-state index in [2.05, 4.69) is 10.6 Å². The number of amides is 1. The van der Waals surface area contributed by atoms with E-state index in [1.165, 1.54) is 38.5 Å². The zero-order valence-corrected chi connectivity index (χ0v) is 17.4. The number of carbonyl (C=O) groups excluding carboxylic acids is 1. The third-order valence-electron chi connectivity index (χ3n) is 6.21. The molecule has 7 heteroatoms. The lowest BCUT2D eigenvalue weighted by Gasteiger charge is -2.56. The SMILES string of the molecule is O=C(CC12CC3CC(CC(C3)C1)C2)NC(=S)Nc1cc(Cl)c(Cl)cc1Cl. The van der Waals surface area contributed by atoms with Gasteiger partial charge in [0.05, 0.1) is 20.8 Å². The standard InChI is InChI=1S/C19H21Cl3N2OS/c20-13-4-15(22)16(5-14(13)21)23-18(26)24-17(25)9-19-6-10-1-11(7-19)3-12(2-10)8-19/h4-5,10-12H,1-3,6-9H2,(H2,23,24,25,26). The molecule has 0 aromatic heterocycles. The summed E-state index contributed by atoms with van der Waals surface area (Å²) in [7, 11) is 0. The van der Waals surface area contributed by atoms with Crippen LogP contribution in [0, 0.1) is 23.2 Å². The van der Waals surface area contributed by atoms with Gasteiger partial charge in [0.2, 0.25) is 5.91 Å². The molecule has 2 N–H and O–H groups in total. The number of anilines is 1. The first-order valence-electron chi connectivity index (χ1n) is 9.07. The zero-order chi connectivity index (χ0) is 18.5. The van der Waals surface area contributed by atoms with Gasteiger partial charge in [-0.2, -0.15) is 0 Å². The Morgan fingerprint density at radius 1 is 1.00 bits per heavy atom. The van der Waals surface area contributed by atoms with Gasteiger partial charge in [-0.15, -0.1) is 0 Å². The number of carbonyl (C=O) groups is 1. The number of thiocarbonyl (C=S) groups is 1. The summed E-state index contributed by atoms with van der Waals surface area (Å²) in [6, 6.07) is 3.15. The second-order valence-corrected chi connectivity index (χ2v) is 9.97. The van der Waals surface area contributed by atoms with Crippen LogP contribution in [-0.2, 0) is 4.79 Å². The molecule has 0 saturated heterocycles. The van der Waals surface area contributed by atoms with Crippen molar-refractivity contribution in [3.05, 3.63) is 27.2 Å². The first-order valence-corrected chi connectivity index (χ1v) is 10.6. The summed E-state index contributed by atoms with van der Waals surface area (Å²) in [6.45, 7) is 0. The average Bonchev–Trinajstić information content (AvgIpc) is 2.50. The first kappa shape index (κ1) is 18.8. The number of hydrogen-bond acceptors (Lipinski definition) is 2. The van der Waals surface area contributed by atoms with Crippen LogP contribution in [0.2, 0.25) is 15.1 Å². The van der Waals surface area contributed by atoms with E-state index in [0.717, 1.165) is 17.8 Å². The van der Waals surface area contributed by atoms with E-state index in [-0.39, 0.29) is 16.4 Å². The number of rotatable bonds is 3. The molecule has 0 spiro atoms. The van der Waals surface area contributed by atoms with Crippen LogP contribution in [0.5, 0.6) is 0 Å². The molecule has 0 radical (unpaired) electrons. The van der Waals surface area contributed by atoms with Crippen LogP contribution in [0.15, 0.2) is 12.1 Å². The van der Waals surface area contributed by atoms with Crippen molar-refractivity contribution in [3.63, 3.8) is 0 Å². The van der Waals surface area contributed by atoms with Gasteiger partial charge in [0, 0.05) is 6.42 Å². The van der Waals surface area contributed by atoms with Crippen molar-refractivity contribution in [1.29, 1.82) is 0 Å². The highest BCUT2D eigenvalue weighted by Crippen LogP contribution is 2.61. The number of hydrogen-bond donors (Lipinski definition) is 2. The molecule has 0 atom stereocenters. The number of halogens is 3. The Labute approximate surface area is 174 Å². The Bertz CT molecular complexity index is 732. The second kappa shape index (κ2) is 7.12. The van der Waals surface area contributed by atoms with E-state index in [9.17, 15) is 4.79 Å². The van der Waals surface area contributed by atoms with Crippen LogP contribution in [0.4, 0.5) is 5.69 Å². The molecule has 140 valence electrons. The maximum Gasteiger partial charge on any atom is 0.226 e. The predicted octanol–water partition coefficient (Wildman–Crippen LogP) is 6.07. The van der Waals surface area contributed by atoms with Crippen LogP contribution in [0.1, 0.15) is 44.9 Å². The molecule has 5 rings (SSSR count). The van der Waals surface area contributed by atoms with Crippen LogP contribution in [0.25, 0.3) is 0 Å². The third-order valence-corrected chi connectivity index (χ3v) is 7.45. The van der Waals surface area contributed by atoms with Gasteiger partial charge in [-0.1, -0.05) is 34.8 Å². The fourth-order valence-electron chi connectivity index (χ4n) is 5.79. The first-order chi connectivity index (χ1) is 12.3. The van der Waals surface area contributed by atoms with Crippen LogP contribution in [-0.4, -0.2) is 11.0 Å². The molecule has 1 aromatic carbocycles. The minimum Gasteiger partial charge on any atom is -0.331 e. The largest absolute Gasteiger partial charge is 0.331 e. The highest BCUT2D eigenvalue weighted by atomic mass is 35.5. The summed E-state index contributed by atoms with van der Waals surface area (Å²) in [5.74, 6) is 2.47. The van der Waals surface area contributed by atoms with Gasteiger partial charge in [-0.25, -0.2) is 0 Å². The number of nitrogens with one attached hydrogen (secondary N) is 2. The zero-order valence-electron chi connectivity index (χ0n) is 14.3. The maximum atomic E-state index is 12.6. The summed E-state index contributed by atoms with van der Waals surface area (Å²) >= 11 is 23.4. The highest BCUT2D eigenvalue weighted by Gasteiger charge is 2.51. The van der Waals surface area contributed by atoms with Crippen LogP contribution < -0.4 is 10.6 Å². The lowest BCUT2D eigenvalue weighted by Crippen LogP contribution is -2.48. The lowest BCUT2D eigenvalue weighted by atomic mass is 9.49. The van der Waals surface area contributed by atoms with Gasteiger partial charge >= 0.3 is 0 Å². The molecule has 3 nitrogen and oxygen atoms in total. The molecule has 0 aliphatic heterocycles. The van der Waals surface area contributed by atoms with Gasteiger partial charge in [-0.05, 0) is 86.0 Å². The van der Waals surface area contributed by atoms with Crippen molar-refractivity contribution in [2.24, 2.45) is 23.2 Å². The fraction of sp³-hybridized carbons (Fsp3) is 0.579. The quantitative estimate of drug-likeness (QED) is 0.451. The van der Waals surface area contributed by atoms with Gasteiger partial charge in [-0.3, -0.25) is 4.79 Å². The van der Waals surface area contributed by atoms with Crippen molar-refractivity contribution in [2.45, 2.75) is 44.9 Å². The molecular weight excluding hydrogens is 411 g/mol. The lowest BCUT2D eigenvalue weighted by molar-refractivity contribution is -0.127. The molecular formula is C19H21Cl3N2OS. The van der Waals surface area contributed by atoms with E-state index in [1.807, 2.05) is 0 Å². The van der Waals surface area contributed by atoms with Crippen molar-refractivity contribution >= 4 is 63.7 Å². The van der Waals surface area contributed by atoms with Crippen LogP contribution in [0.3, 0.4) is 0 Å². The molecule has 0 heterocycles. The van der Waals surface area contributed by atoms with Gasteiger partial charge < -0.3 is 10.6 Å². The molecule has 1 aromatic rings. The molecule has 4 aliphatic rings. The molecule has 4 bridgehead atoms. The summed E-state index contributed by atoms with van der Waals surface area (Å²) in [4.78, 5) is 12.6. The minimum atomic E-state index is -0.0133. The van der Waals surface area contributed by atoms with Crippen molar-refractivity contribution in [3.8, 4) is 0 Å². The van der Waals surface area contributed by atoms with E-state index in [4.69, 9.17) is 47.0 Å². The van der Waals surface area contributed by atoms with E-state index in [0.29, 0.717) is 27.2 Å². The van der Waals surface area contributed by atoms with Crippen molar-refractivity contribution < 1.29 is 4.79 Å². The topological polar surface area (TPSA) is 41.1 Å².